The lowest BCUT2D eigenvalue weighted by Gasteiger charge is -2.17. The van der Waals surface area contributed by atoms with E-state index in [1.54, 1.807) is 19.9 Å². The van der Waals surface area contributed by atoms with Crippen LogP contribution in [0.15, 0.2) is 35.4 Å². The Bertz CT molecular complexity index is 941. The maximum Gasteiger partial charge on any atom is 0.256 e. The minimum absolute atomic E-state index is 0.0769. The SMILES string of the molecule is Cc1ncn(CCNC(=O)C2CC(=O)N(c3cccc(F)c3)C2)c(=O)c1C. The van der Waals surface area contributed by atoms with E-state index >= 15 is 0 Å². The minimum atomic E-state index is -0.504. The fourth-order valence-corrected chi connectivity index (χ4v) is 3.06. The number of rotatable bonds is 5. The van der Waals surface area contributed by atoms with E-state index in [4.69, 9.17) is 0 Å². The Morgan fingerprint density at radius 2 is 2.11 bits per heavy atom. The van der Waals surface area contributed by atoms with E-state index in [-0.39, 0.29) is 36.9 Å². The van der Waals surface area contributed by atoms with Crippen molar-refractivity contribution in [1.29, 1.82) is 0 Å². The summed E-state index contributed by atoms with van der Waals surface area (Å²) >= 11 is 0. The summed E-state index contributed by atoms with van der Waals surface area (Å²) in [7, 11) is 0. The number of aryl methyl sites for hydroxylation is 1. The van der Waals surface area contributed by atoms with Crippen molar-refractivity contribution < 1.29 is 14.0 Å². The molecular formula is C19H21FN4O3. The fourth-order valence-electron chi connectivity index (χ4n) is 3.06. The lowest BCUT2D eigenvalue weighted by Crippen LogP contribution is -2.36. The zero-order valence-corrected chi connectivity index (χ0v) is 15.2. The molecule has 1 atom stereocenters. The molecule has 3 rings (SSSR count). The summed E-state index contributed by atoms with van der Waals surface area (Å²) in [5.41, 5.74) is 1.58. The van der Waals surface area contributed by atoms with Gasteiger partial charge in [0.2, 0.25) is 11.8 Å². The van der Waals surface area contributed by atoms with Gasteiger partial charge < -0.3 is 10.2 Å². The lowest BCUT2D eigenvalue weighted by molar-refractivity contribution is -0.126. The maximum absolute atomic E-state index is 13.4. The van der Waals surface area contributed by atoms with Gasteiger partial charge in [0.05, 0.1) is 12.2 Å². The molecule has 1 aromatic carbocycles. The number of hydrogen-bond donors (Lipinski definition) is 1. The van der Waals surface area contributed by atoms with Crippen molar-refractivity contribution in [3.63, 3.8) is 0 Å². The molecule has 0 radical (unpaired) electrons. The zero-order valence-electron chi connectivity index (χ0n) is 15.2. The molecule has 0 spiro atoms. The summed E-state index contributed by atoms with van der Waals surface area (Å²) in [5, 5.41) is 2.76. The molecule has 0 bridgehead atoms. The first-order valence-electron chi connectivity index (χ1n) is 8.73. The van der Waals surface area contributed by atoms with Crippen LogP contribution >= 0.6 is 0 Å². The van der Waals surface area contributed by atoms with Crippen LogP contribution in [0.1, 0.15) is 17.7 Å². The summed E-state index contributed by atoms with van der Waals surface area (Å²) in [6.07, 6.45) is 1.54. The molecule has 1 N–H and O–H groups in total. The quantitative estimate of drug-likeness (QED) is 0.854. The van der Waals surface area contributed by atoms with E-state index < -0.39 is 11.7 Å². The van der Waals surface area contributed by atoms with Crippen LogP contribution in [0, 0.1) is 25.6 Å². The predicted molar refractivity (Wildman–Crippen MR) is 97.8 cm³/mol. The Kier molecular flexibility index (Phi) is 5.34. The molecule has 2 heterocycles. The second-order valence-electron chi connectivity index (χ2n) is 6.63. The lowest BCUT2D eigenvalue weighted by atomic mass is 10.1. The number of amides is 2. The number of anilines is 1. The maximum atomic E-state index is 13.4. The van der Waals surface area contributed by atoms with E-state index in [2.05, 4.69) is 10.3 Å². The van der Waals surface area contributed by atoms with E-state index in [1.165, 1.54) is 34.0 Å². The number of nitrogens with one attached hydrogen (secondary N) is 1. The Morgan fingerprint density at radius 3 is 2.85 bits per heavy atom. The van der Waals surface area contributed by atoms with Crippen LogP contribution in [-0.2, 0) is 16.1 Å². The van der Waals surface area contributed by atoms with Crippen LogP contribution < -0.4 is 15.8 Å². The average molecular weight is 372 g/mol. The Hall–Kier alpha value is -3.03. The molecular weight excluding hydrogens is 351 g/mol. The molecule has 1 unspecified atom stereocenters. The summed E-state index contributed by atoms with van der Waals surface area (Å²) in [6.45, 7) is 4.25. The van der Waals surface area contributed by atoms with Crippen LogP contribution in [0.4, 0.5) is 10.1 Å². The minimum Gasteiger partial charge on any atom is -0.354 e. The topological polar surface area (TPSA) is 84.3 Å². The van der Waals surface area contributed by atoms with Gasteiger partial charge in [-0.2, -0.15) is 0 Å². The van der Waals surface area contributed by atoms with Crippen LogP contribution in [0.5, 0.6) is 0 Å². The summed E-state index contributed by atoms with van der Waals surface area (Å²) in [5.74, 6) is -1.40. The highest BCUT2D eigenvalue weighted by molar-refractivity contribution is 6.00. The molecule has 27 heavy (non-hydrogen) atoms. The van der Waals surface area contributed by atoms with Gasteiger partial charge in [0.25, 0.3) is 5.56 Å². The van der Waals surface area contributed by atoms with Crippen molar-refractivity contribution in [3.8, 4) is 0 Å². The first-order valence-corrected chi connectivity index (χ1v) is 8.73. The van der Waals surface area contributed by atoms with Gasteiger partial charge in [-0.25, -0.2) is 9.37 Å². The summed E-state index contributed by atoms with van der Waals surface area (Å²) in [4.78, 5) is 42.2. The van der Waals surface area contributed by atoms with E-state index in [0.717, 1.165) is 0 Å². The van der Waals surface area contributed by atoms with E-state index in [9.17, 15) is 18.8 Å². The Morgan fingerprint density at radius 1 is 1.33 bits per heavy atom. The highest BCUT2D eigenvalue weighted by Crippen LogP contribution is 2.25. The number of carbonyl (C=O) groups excluding carboxylic acids is 2. The predicted octanol–water partition coefficient (Wildman–Crippen LogP) is 1.17. The first kappa shape index (κ1) is 18.8. The van der Waals surface area contributed by atoms with E-state index in [1.807, 2.05) is 0 Å². The van der Waals surface area contributed by atoms with Crippen molar-refractivity contribution in [2.75, 3.05) is 18.0 Å². The van der Waals surface area contributed by atoms with Gasteiger partial charge in [0, 0.05) is 43.0 Å². The molecule has 2 amide bonds. The van der Waals surface area contributed by atoms with Crippen molar-refractivity contribution in [3.05, 3.63) is 58.0 Å². The number of benzene rings is 1. The van der Waals surface area contributed by atoms with Gasteiger partial charge >= 0.3 is 0 Å². The fraction of sp³-hybridized carbons (Fsp3) is 0.368. The molecule has 1 aromatic heterocycles. The van der Waals surface area contributed by atoms with Crippen molar-refractivity contribution in [2.24, 2.45) is 5.92 Å². The largest absolute Gasteiger partial charge is 0.354 e. The van der Waals surface area contributed by atoms with Gasteiger partial charge in [-0.1, -0.05) is 6.07 Å². The molecule has 1 saturated heterocycles. The molecule has 0 aliphatic carbocycles. The monoisotopic (exact) mass is 372 g/mol. The highest BCUT2D eigenvalue weighted by Gasteiger charge is 2.35. The third kappa shape index (κ3) is 4.05. The molecule has 1 fully saturated rings. The van der Waals surface area contributed by atoms with Crippen molar-refractivity contribution in [1.82, 2.24) is 14.9 Å². The number of hydrogen-bond acceptors (Lipinski definition) is 4. The van der Waals surface area contributed by atoms with Crippen LogP contribution in [-0.4, -0.2) is 34.5 Å². The first-order chi connectivity index (χ1) is 12.9. The van der Waals surface area contributed by atoms with Crippen LogP contribution in [0.3, 0.4) is 0 Å². The molecule has 7 nitrogen and oxygen atoms in total. The second kappa shape index (κ2) is 7.69. The highest BCUT2D eigenvalue weighted by atomic mass is 19.1. The van der Waals surface area contributed by atoms with Crippen molar-refractivity contribution in [2.45, 2.75) is 26.8 Å². The molecule has 2 aromatic rings. The summed E-state index contributed by atoms with van der Waals surface area (Å²) < 4.78 is 14.8. The third-order valence-electron chi connectivity index (χ3n) is 4.78. The average Bonchev–Trinajstić information content (AvgIpc) is 3.03. The Balaban J connectivity index is 1.57. The van der Waals surface area contributed by atoms with Crippen LogP contribution in [0.2, 0.25) is 0 Å². The normalized spacial score (nSPS) is 16.6. The standard InChI is InChI=1S/C19H21FN4O3/c1-12-13(2)22-11-23(19(12)27)7-6-21-18(26)14-8-17(25)24(10-14)16-5-3-4-15(20)9-16/h3-5,9,11,14H,6-8,10H2,1-2H3,(H,21,26). The third-order valence-corrected chi connectivity index (χ3v) is 4.78. The molecule has 0 saturated carbocycles. The molecule has 8 heteroatoms. The summed E-state index contributed by atoms with van der Waals surface area (Å²) in [6, 6.07) is 5.75. The number of halogens is 1. The van der Waals surface area contributed by atoms with Gasteiger partial charge in [0.1, 0.15) is 5.82 Å². The zero-order chi connectivity index (χ0) is 19.6. The molecule has 1 aliphatic heterocycles. The number of aromatic nitrogens is 2. The van der Waals surface area contributed by atoms with Gasteiger partial charge in [0.15, 0.2) is 0 Å². The second-order valence-corrected chi connectivity index (χ2v) is 6.63. The smallest absolute Gasteiger partial charge is 0.256 e. The van der Waals surface area contributed by atoms with Crippen LogP contribution in [0.25, 0.3) is 0 Å². The Labute approximate surface area is 155 Å². The molecule has 142 valence electrons. The molecule has 1 aliphatic rings. The van der Waals surface area contributed by atoms with Gasteiger partial charge in [-0.15, -0.1) is 0 Å². The van der Waals surface area contributed by atoms with Crippen molar-refractivity contribution >= 4 is 17.5 Å². The number of nitrogens with zero attached hydrogens (tertiary/aromatic N) is 3. The van der Waals surface area contributed by atoms with Gasteiger partial charge in [-0.05, 0) is 32.0 Å². The van der Waals surface area contributed by atoms with Gasteiger partial charge in [-0.3, -0.25) is 19.0 Å². The number of carbonyl (C=O) groups is 2. The van der Waals surface area contributed by atoms with E-state index in [0.29, 0.717) is 23.5 Å².